The molecular formula is C21H22BrN3. The van der Waals surface area contributed by atoms with Gasteiger partial charge in [0, 0.05) is 28.6 Å². The Kier molecular flexibility index (Phi) is 5.84. The summed E-state index contributed by atoms with van der Waals surface area (Å²) in [4.78, 5) is 6.94. The lowest BCUT2D eigenvalue weighted by Crippen LogP contribution is -2.20. The molecule has 0 bridgehead atoms. The van der Waals surface area contributed by atoms with E-state index in [1.807, 2.05) is 18.2 Å². The van der Waals surface area contributed by atoms with Gasteiger partial charge in [-0.2, -0.15) is 0 Å². The summed E-state index contributed by atoms with van der Waals surface area (Å²) in [5, 5.41) is 4.70. The number of hydrogen-bond acceptors (Lipinski definition) is 3. The fraction of sp³-hybridized carbons (Fsp3) is 0.190. The van der Waals surface area contributed by atoms with Crippen molar-refractivity contribution in [1.29, 1.82) is 0 Å². The van der Waals surface area contributed by atoms with Crippen molar-refractivity contribution in [2.45, 2.75) is 0 Å². The minimum Gasteiger partial charge on any atom is -0.383 e. The first-order valence-electron chi connectivity index (χ1n) is 8.34. The number of anilines is 1. The van der Waals surface area contributed by atoms with E-state index in [0.29, 0.717) is 0 Å². The highest BCUT2D eigenvalue weighted by Crippen LogP contribution is 2.24. The fourth-order valence-electron chi connectivity index (χ4n) is 2.60. The molecule has 0 fully saturated rings. The summed E-state index contributed by atoms with van der Waals surface area (Å²) in [7, 11) is 4.16. The van der Waals surface area contributed by atoms with E-state index in [1.54, 1.807) is 0 Å². The van der Waals surface area contributed by atoms with Gasteiger partial charge in [-0.1, -0.05) is 52.3 Å². The second-order valence-electron chi connectivity index (χ2n) is 6.23. The molecule has 1 aromatic heterocycles. The maximum Gasteiger partial charge on any atom is 0.0730 e. The molecule has 0 unspecified atom stereocenters. The van der Waals surface area contributed by atoms with Crippen LogP contribution >= 0.6 is 15.9 Å². The van der Waals surface area contributed by atoms with Crippen molar-refractivity contribution in [3.05, 3.63) is 70.3 Å². The third-order valence-corrected chi connectivity index (χ3v) is 4.46. The van der Waals surface area contributed by atoms with Gasteiger partial charge in [0.1, 0.15) is 0 Å². The average Bonchev–Trinajstić information content (AvgIpc) is 2.61. The van der Waals surface area contributed by atoms with Crippen molar-refractivity contribution in [3.63, 3.8) is 0 Å². The van der Waals surface area contributed by atoms with Crippen molar-refractivity contribution < 1.29 is 0 Å². The SMILES string of the molecule is CN(C)CCNc1cc(/C=C/c2ccc(Br)cc2)nc2ccccc12. The standard InChI is InChI=1S/C21H22BrN3/c1-25(2)14-13-23-21-15-18(24-20-6-4-3-5-19(20)21)12-9-16-7-10-17(22)11-8-16/h3-12,15H,13-14H2,1-2H3,(H,23,24)/b12-9+. The van der Waals surface area contributed by atoms with Gasteiger partial charge in [-0.05, 0) is 50.0 Å². The molecule has 0 saturated carbocycles. The molecule has 4 heteroatoms. The summed E-state index contributed by atoms with van der Waals surface area (Å²) in [5.74, 6) is 0. The van der Waals surface area contributed by atoms with Crippen molar-refractivity contribution in [2.75, 3.05) is 32.5 Å². The molecule has 128 valence electrons. The highest BCUT2D eigenvalue weighted by atomic mass is 79.9. The smallest absolute Gasteiger partial charge is 0.0730 e. The van der Waals surface area contributed by atoms with Gasteiger partial charge >= 0.3 is 0 Å². The van der Waals surface area contributed by atoms with Crippen LogP contribution in [0.25, 0.3) is 23.1 Å². The zero-order valence-corrected chi connectivity index (χ0v) is 16.1. The number of para-hydroxylation sites is 1. The second kappa shape index (κ2) is 8.28. The van der Waals surface area contributed by atoms with Crippen molar-refractivity contribution in [2.24, 2.45) is 0 Å². The Hall–Kier alpha value is -2.17. The van der Waals surface area contributed by atoms with E-state index in [4.69, 9.17) is 4.98 Å². The second-order valence-corrected chi connectivity index (χ2v) is 7.14. The van der Waals surface area contributed by atoms with Crippen LogP contribution in [0.3, 0.4) is 0 Å². The molecule has 0 atom stereocenters. The first-order valence-corrected chi connectivity index (χ1v) is 9.13. The highest BCUT2D eigenvalue weighted by Gasteiger charge is 2.04. The van der Waals surface area contributed by atoms with Crippen LogP contribution in [0.5, 0.6) is 0 Å². The zero-order chi connectivity index (χ0) is 17.6. The quantitative estimate of drug-likeness (QED) is 0.625. The van der Waals surface area contributed by atoms with Crippen LogP contribution in [0.2, 0.25) is 0 Å². The first-order chi connectivity index (χ1) is 12.1. The number of benzene rings is 2. The van der Waals surface area contributed by atoms with E-state index in [2.05, 4.69) is 88.8 Å². The Morgan fingerprint density at radius 3 is 2.56 bits per heavy atom. The Morgan fingerprint density at radius 2 is 1.80 bits per heavy atom. The number of likely N-dealkylation sites (N-methyl/N-ethyl adjacent to an activating group) is 1. The summed E-state index contributed by atoms with van der Waals surface area (Å²) < 4.78 is 1.08. The third kappa shape index (κ3) is 4.91. The molecular weight excluding hydrogens is 374 g/mol. The van der Waals surface area contributed by atoms with Crippen LogP contribution in [0.15, 0.2) is 59.1 Å². The fourth-order valence-corrected chi connectivity index (χ4v) is 2.86. The minimum atomic E-state index is 0.900. The minimum absolute atomic E-state index is 0.900. The number of pyridine rings is 1. The van der Waals surface area contributed by atoms with Gasteiger partial charge in [-0.25, -0.2) is 4.98 Å². The van der Waals surface area contributed by atoms with E-state index < -0.39 is 0 Å². The van der Waals surface area contributed by atoms with E-state index in [9.17, 15) is 0 Å². The predicted molar refractivity (Wildman–Crippen MR) is 112 cm³/mol. The van der Waals surface area contributed by atoms with E-state index in [-0.39, 0.29) is 0 Å². The maximum absolute atomic E-state index is 4.77. The molecule has 1 N–H and O–H groups in total. The maximum atomic E-state index is 4.77. The number of aromatic nitrogens is 1. The summed E-state index contributed by atoms with van der Waals surface area (Å²) in [5.41, 5.74) is 4.24. The molecule has 2 aromatic carbocycles. The van der Waals surface area contributed by atoms with Gasteiger partial charge in [0.25, 0.3) is 0 Å². The first kappa shape index (κ1) is 17.6. The molecule has 25 heavy (non-hydrogen) atoms. The highest BCUT2D eigenvalue weighted by molar-refractivity contribution is 9.10. The number of nitrogens with one attached hydrogen (secondary N) is 1. The lowest BCUT2D eigenvalue weighted by Gasteiger charge is -2.13. The van der Waals surface area contributed by atoms with Gasteiger partial charge in [-0.3, -0.25) is 0 Å². The van der Waals surface area contributed by atoms with Crippen LogP contribution in [-0.4, -0.2) is 37.1 Å². The Morgan fingerprint density at radius 1 is 1.04 bits per heavy atom. The Balaban J connectivity index is 1.88. The summed E-state index contributed by atoms with van der Waals surface area (Å²) in [6, 6.07) is 18.6. The van der Waals surface area contributed by atoms with Gasteiger partial charge in [-0.15, -0.1) is 0 Å². The molecule has 3 rings (SSSR count). The number of nitrogens with zero attached hydrogens (tertiary/aromatic N) is 2. The lowest BCUT2D eigenvalue weighted by molar-refractivity contribution is 0.425. The van der Waals surface area contributed by atoms with Gasteiger partial charge in [0.15, 0.2) is 0 Å². The number of fused-ring (bicyclic) bond motifs is 1. The van der Waals surface area contributed by atoms with Gasteiger partial charge in [0.2, 0.25) is 0 Å². The van der Waals surface area contributed by atoms with Crippen molar-refractivity contribution in [3.8, 4) is 0 Å². The van der Waals surface area contributed by atoms with E-state index >= 15 is 0 Å². The monoisotopic (exact) mass is 395 g/mol. The van der Waals surface area contributed by atoms with Crippen LogP contribution in [0.1, 0.15) is 11.3 Å². The van der Waals surface area contributed by atoms with Crippen molar-refractivity contribution >= 4 is 44.7 Å². The molecule has 0 saturated heterocycles. The number of rotatable bonds is 6. The molecule has 0 spiro atoms. The summed E-state index contributed by atoms with van der Waals surface area (Å²) in [6.45, 7) is 1.89. The summed E-state index contributed by atoms with van der Waals surface area (Å²) in [6.07, 6.45) is 4.15. The zero-order valence-electron chi connectivity index (χ0n) is 14.5. The Labute approximate surface area is 157 Å². The normalized spacial score (nSPS) is 11.5. The van der Waals surface area contributed by atoms with Crippen LogP contribution in [0.4, 0.5) is 5.69 Å². The van der Waals surface area contributed by atoms with Crippen LogP contribution in [-0.2, 0) is 0 Å². The number of hydrogen-bond donors (Lipinski definition) is 1. The Bertz CT molecular complexity index is 870. The molecule has 0 aliphatic carbocycles. The van der Waals surface area contributed by atoms with E-state index in [0.717, 1.165) is 45.4 Å². The molecule has 0 aliphatic heterocycles. The van der Waals surface area contributed by atoms with Gasteiger partial charge in [0.05, 0.1) is 11.2 Å². The van der Waals surface area contributed by atoms with Crippen molar-refractivity contribution in [1.82, 2.24) is 9.88 Å². The molecule has 1 heterocycles. The van der Waals surface area contributed by atoms with Crippen LogP contribution in [0, 0.1) is 0 Å². The average molecular weight is 396 g/mol. The number of halogens is 1. The molecule has 0 aliphatic rings. The lowest BCUT2D eigenvalue weighted by atomic mass is 10.1. The molecule has 0 amide bonds. The third-order valence-electron chi connectivity index (χ3n) is 3.93. The van der Waals surface area contributed by atoms with Crippen LogP contribution < -0.4 is 5.32 Å². The topological polar surface area (TPSA) is 28.2 Å². The predicted octanol–water partition coefficient (Wildman–Crippen LogP) is 5.14. The molecule has 3 nitrogen and oxygen atoms in total. The molecule has 0 radical (unpaired) electrons. The molecule has 3 aromatic rings. The summed E-state index contributed by atoms with van der Waals surface area (Å²) >= 11 is 3.46. The van der Waals surface area contributed by atoms with Gasteiger partial charge < -0.3 is 10.2 Å². The van der Waals surface area contributed by atoms with E-state index in [1.165, 1.54) is 0 Å². The largest absolute Gasteiger partial charge is 0.383 e.